The number of anilines is 1. The van der Waals surface area contributed by atoms with Gasteiger partial charge in [-0.1, -0.05) is 39.0 Å². The molecule has 11 nitrogen and oxygen atoms in total. The van der Waals surface area contributed by atoms with Gasteiger partial charge < -0.3 is 35.2 Å². The molecule has 0 aliphatic carbocycles. The summed E-state index contributed by atoms with van der Waals surface area (Å²) >= 11 is 0. The number of carboxylic acid groups (broad SMARTS) is 1. The van der Waals surface area contributed by atoms with Crippen LogP contribution < -0.4 is 15.4 Å². The minimum absolute atomic E-state index is 0.00257. The van der Waals surface area contributed by atoms with E-state index >= 15 is 0 Å². The number of benzene rings is 2. The third kappa shape index (κ3) is 8.66. The predicted molar refractivity (Wildman–Crippen MR) is 147 cm³/mol. The minimum atomic E-state index is -1.91. The van der Waals surface area contributed by atoms with Gasteiger partial charge in [-0.05, 0) is 23.5 Å². The highest BCUT2D eigenvalue weighted by molar-refractivity contribution is 5.94. The number of rotatable bonds is 11. The van der Waals surface area contributed by atoms with E-state index in [1.165, 1.54) is 4.90 Å². The molecule has 0 bridgehead atoms. The van der Waals surface area contributed by atoms with Crippen LogP contribution in [0.15, 0.2) is 30.3 Å². The highest BCUT2D eigenvalue weighted by Gasteiger charge is 2.34. The topological polar surface area (TPSA) is 154 Å². The molecule has 3 atom stereocenters. The average molecular weight is 628 g/mol. The summed E-state index contributed by atoms with van der Waals surface area (Å²) in [4.78, 5) is 51.4. The van der Waals surface area contributed by atoms with Crippen LogP contribution in [0, 0.1) is 23.3 Å². The van der Waals surface area contributed by atoms with E-state index in [1.807, 2.05) is 32.9 Å². The second kappa shape index (κ2) is 14.5. The maximum atomic E-state index is 13.9. The highest BCUT2D eigenvalue weighted by Crippen LogP contribution is 2.30. The van der Waals surface area contributed by atoms with Gasteiger partial charge in [0.2, 0.25) is 17.9 Å². The summed E-state index contributed by atoms with van der Waals surface area (Å²) in [5.74, 6) is -13.4. The summed E-state index contributed by atoms with van der Waals surface area (Å²) in [7, 11) is 0. The first-order chi connectivity index (χ1) is 20.6. The molecule has 0 spiro atoms. The summed E-state index contributed by atoms with van der Waals surface area (Å²) in [5, 5.41) is 24.9. The molecule has 2 aromatic carbocycles. The monoisotopic (exact) mass is 627 g/mol. The normalized spacial score (nSPS) is 16.8. The van der Waals surface area contributed by atoms with Crippen LogP contribution in [0.1, 0.15) is 39.2 Å². The fourth-order valence-corrected chi connectivity index (χ4v) is 4.44. The minimum Gasteiger partial charge on any atom is -0.481 e. The molecule has 2 aromatic rings. The Morgan fingerprint density at radius 1 is 1.09 bits per heavy atom. The van der Waals surface area contributed by atoms with Gasteiger partial charge in [-0.3, -0.25) is 19.2 Å². The number of aliphatic hydroxyl groups is 1. The number of hydrogen-bond acceptors (Lipinski definition) is 8. The molecular formula is C29H33F4N3O8. The Labute approximate surface area is 250 Å². The van der Waals surface area contributed by atoms with Crippen molar-refractivity contribution >= 4 is 29.3 Å². The number of para-hydroxylation sites is 1. The second-order valence-corrected chi connectivity index (χ2v) is 11.1. The molecule has 2 amide bonds. The molecule has 1 saturated heterocycles. The number of halogens is 4. The second-order valence-electron chi connectivity index (χ2n) is 11.1. The summed E-state index contributed by atoms with van der Waals surface area (Å²) in [6, 6.07) is 5.24. The molecule has 1 aliphatic rings. The van der Waals surface area contributed by atoms with Crippen LogP contribution in [0.25, 0.3) is 0 Å². The molecule has 1 heterocycles. The fraction of sp³-hybridized carbons (Fsp3) is 0.448. The lowest BCUT2D eigenvalue weighted by Crippen LogP contribution is -2.52. The molecule has 0 aromatic heterocycles. The first-order valence-electron chi connectivity index (χ1n) is 13.5. The van der Waals surface area contributed by atoms with Crippen LogP contribution in [0.2, 0.25) is 0 Å². The molecule has 1 fully saturated rings. The Bertz CT molecular complexity index is 1380. The zero-order chi connectivity index (χ0) is 32.8. The molecule has 0 radical (unpaired) electrons. The Hall–Kier alpha value is -4.24. The average Bonchev–Trinajstić information content (AvgIpc) is 3.21. The number of ether oxygens (including phenoxy) is 2. The van der Waals surface area contributed by atoms with Gasteiger partial charge in [0.15, 0.2) is 29.3 Å². The fourth-order valence-electron chi connectivity index (χ4n) is 4.44. The van der Waals surface area contributed by atoms with Crippen molar-refractivity contribution in [1.82, 2.24) is 10.2 Å². The molecule has 1 aliphatic heterocycles. The Morgan fingerprint density at radius 3 is 2.34 bits per heavy atom. The van der Waals surface area contributed by atoms with Gasteiger partial charge in [-0.25, -0.2) is 8.78 Å². The Balaban J connectivity index is 1.69. The molecule has 4 N–H and O–H groups in total. The van der Waals surface area contributed by atoms with Crippen molar-refractivity contribution in [1.29, 1.82) is 0 Å². The van der Waals surface area contributed by atoms with E-state index in [1.54, 1.807) is 12.1 Å². The first kappa shape index (κ1) is 34.3. The summed E-state index contributed by atoms with van der Waals surface area (Å²) in [5.41, 5.74) is 1.06. The van der Waals surface area contributed by atoms with Gasteiger partial charge in [0.25, 0.3) is 11.8 Å². The van der Waals surface area contributed by atoms with Crippen LogP contribution in [0.5, 0.6) is 5.75 Å². The maximum absolute atomic E-state index is 13.9. The number of aliphatic carboxylic acids is 1. The molecule has 240 valence electrons. The zero-order valence-electron chi connectivity index (χ0n) is 24.2. The number of carboxylic acids is 1. The van der Waals surface area contributed by atoms with Gasteiger partial charge in [0, 0.05) is 24.9 Å². The van der Waals surface area contributed by atoms with Crippen molar-refractivity contribution in [2.75, 3.05) is 31.6 Å². The van der Waals surface area contributed by atoms with Crippen molar-refractivity contribution in [3.63, 3.8) is 0 Å². The number of hydrogen-bond donors (Lipinski definition) is 4. The quantitative estimate of drug-likeness (QED) is 0.167. The van der Waals surface area contributed by atoms with E-state index in [0.29, 0.717) is 5.69 Å². The largest absolute Gasteiger partial charge is 0.481 e. The first-order valence-corrected chi connectivity index (χ1v) is 13.5. The molecule has 3 rings (SSSR count). The van der Waals surface area contributed by atoms with Crippen molar-refractivity contribution in [3.8, 4) is 5.75 Å². The molecule has 0 saturated carbocycles. The lowest BCUT2D eigenvalue weighted by atomic mass is 9.86. The highest BCUT2D eigenvalue weighted by atomic mass is 19.2. The third-order valence-electron chi connectivity index (χ3n) is 6.66. The number of nitrogens with zero attached hydrogens (tertiary/aromatic N) is 1. The standard InChI is InChI=1S/C29H33F4N3O8/c1-29(2,3)15-7-4-5-8-18(15)34-27(41)28(42)36-9-6-10-43-21(13-36)26(40)35-19(12-22(38)39)20(37)14-44-25-23(32)16(30)11-17(31)24(25)33/h4-5,7-8,11,19,21,27,34,41H,6,9-10,12-14H2,1-3H3,(H,35,40)(H,38,39)/t19-,21+,27?/m0/s1. The molecule has 44 heavy (non-hydrogen) atoms. The van der Waals surface area contributed by atoms with Crippen LogP contribution >= 0.6 is 0 Å². The van der Waals surface area contributed by atoms with Crippen LogP contribution in [-0.2, 0) is 29.3 Å². The van der Waals surface area contributed by atoms with Gasteiger partial charge in [0.1, 0.15) is 12.6 Å². The molecule has 15 heteroatoms. The maximum Gasteiger partial charge on any atom is 0.305 e. The molecule has 1 unspecified atom stereocenters. The van der Waals surface area contributed by atoms with Gasteiger partial charge in [-0.2, -0.15) is 8.78 Å². The summed E-state index contributed by atoms with van der Waals surface area (Å²) in [6.45, 7) is 4.38. The van der Waals surface area contributed by atoms with E-state index in [2.05, 4.69) is 15.4 Å². The van der Waals surface area contributed by atoms with Gasteiger partial charge in [-0.15, -0.1) is 0 Å². The summed E-state index contributed by atoms with van der Waals surface area (Å²) < 4.78 is 64.8. The number of carbonyl (C=O) groups excluding carboxylic acids is 3. The van der Waals surface area contributed by atoms with E-state index in [4.69, 9.17) is 4.74 Å². The van der Waals surface area contributed by atoms with Crippen LogP contribution in [0.3, 0.4) is 0 Å². The van der Waals surface area contributed by atoms with E-state index in [9.17, 15) is 47.0 Å². The molecular weight excluding hydrogens is 594 g/mol. The number of carbonyl (C=O) groups is 4. The van der Waals surface area contributed by atoms with Crippen molar-refractivity contribution in [2.45, 2.75) is 57.4 Å². The number of ketones is 1. The van der Waals surface area contributed by atoms with Crippen LogP contribution in [0.4, 0.5) is 23.2 Å². The predicted octanol–water partition coefficient (Wildman–Crippen LogP) is 2.50. The van der Waals surface area contributed by atoms with E-state index in [-0.39, 0.29) is 37.6 Å². The zero-order valence-corrected chi connectivity index (χ0v) is 24.2. The lowest BCUT2D eigenvalue weighted by Gasteiger charge is -2.29. The Kier molecular flexibility index (Phi) is 11.3. The smallest absolute Gasteiger partial charge is 0.305 e. The number of Topliss-reactive ketones (excluding diaryl/α,β-unsaturated/α-hetero) is 1. The number of amides is 2. The van der Waals surface area contributed by atoms with Gasteiger partial charge in [0.05, 0.1) is 13.0 Å². The number of nitrogens with one attached hydrogen (secondary N) is 2. The van der Waals surface area contributed by atoms with E-state index < -0.39 is 84.0 Å². The SMILES string of the molecule is CC(C)(C)c1ccccc1NC(O)C(=O)N1CCCO[C@@H](C(=O)N[C@@H](CC(=O)O)C(=O)COc2c(F)c(F)cc(F)c2F)C1. The van der Waals surface area contributed by atoms with Crippen molar-refractivity contribution in [3.05, 3.63) is 59.2 Å². The van der Waals surface area contributed by atoms with Gasteiger partial charge >= 0.3 is 5.97 Å². The Morgan fingerprint density at radius 2 is 1.73 bits per heavy atom. The lowest BCUT2D eigenvalue weighted by molar-refractivity contribution is -0.143. The van der Waals surface area contributed by atoms with Crippen molar-refractivity contribution < 1.29 is 56.4 Å². The van der Waals surface area contributed by atoms with Crippen molar-refractivity contribution in [2.24, 2.45) is 0 Å². The van der Waals surface area contributed by atoms with E-state index in [0.717, 1.165) is 5.56 Å². The number of aliphatic hydroxyl groups excluding tert-OH is 1. The van der Waals surface area contributed by atoms with Crippen LogP contribution in [-0.4, -0.2) is 83.4 Å². The third-order valence-corrected chi connectivity index (χ3v) is 6.66. The summed E-state index contributed by atoms with van der Waals surface area (Å²) in [6.07, 6.45) is -3.78.